The Kier molecular flexibility index (Phi) is 5.04. The summed E-state index contributed by atoms with van der Waals surface area (Å²) in [5.74, 6) is -0.0683. The van der Waals surface area contributed by atoms with Gasteiger partial charge in [-0.05, 0) is 6.07 Å². The summed E-state index contributed by atoms with van der Waals surface area (Å²) in [6.45, 7) is 3.26. The number of aromatic nitrogens is 2. The molecule has 0 bridgehead atoms. The maximum absolute atomic E-state index is 12.2. The number of ether oxygens (including phenoxy) is 1. The summed E-state index contributed by atoms with van der Waals surface area (Å²) in [7, 11) is 3.03. The predicted molar refractivity (Wildman–Crippen MR) is 76.1 cm³/mol. The lowest BCUT2D eigenvalue weighted by Crippen LogP contribution is -2.49. The van der Waals surface area contributed by atoms with Crippen LogP contribution in [0.15, 0.2) is 12.3 Å². The summed E-state index contributed by atoms with van der Waals surface area (Å²) < 4.78 is 4.58. The number of methoxy groups -OCH3 is 1. The van der Waals surface area contributed by atoms with Crippen molar-refractivity contribution in [3.63, 3.8) is 0 Å². The fraction of sp³-hybridized carbons (Fsp3) is 0.538. The number of carbonyl (C=O) groups is 2. The second kappa shape index (κ2) is 6.98. The van der Waals surface area contributed by atoms with Crippen molar-refractivity contribution in [3.05, 3.63) is 18.1 Å². The van der Waals surface area contributed by atoms with Gasteiger partial charge in [-0.2, -0.15) is 0 Å². The molecule has 1 saturated heterocycles. The minimum Gasteiger partial charge on any atom is -0.463 e. The highest BCUT2D eigenvalue weighted by molar-refractivity contribution is 5.85. The third-order valence-electron chi connectivity index (χ3n) is 3.24. The molecule has 0 aromatic carbocycles. The van der Waals surface area contributed by atoms with E-state index in [0.717, 1.165) is 13.1 Å². The number of nitrogens with one attached hydrogen (secondary N) is 1. The van der Waals surface area contributed by atoms with Crippen LogP contribution in [0.25, 0.3) is 0 Å². The fourth-order valence-corrected chi connectivity index (χ4v) is 2.05. The zero-order valence-corrected chi connectivity index (χ0v) is 12.2. The molecule has 1 amide bonds. The quantitative estimate of drug-likeness (QED) is 0.722. The molecule has 0 atom stereocenters. The van der Waals surface area contributed by atoms with E-state index in [0.29, 0.717) is 18.9 Å². The van der Waals surface area contributed by atoms with Crippen LogP contribution in [0.5, 0.6) is 0 Å². The average Bonchev–Trinajstić information content (AvgIpc) is 2.55. The molecule has 1 N–H and O–H groups in total. The summed E-state index contributed by atoms with van der Waals surface area (Å²) in [6, 6.07) is 1.65. The second-order valence-corrected chi connectivity index (χ2v) is 4.72. The van der Waals surface area contributed by atoms with E-state index in [1.807, 2.05) is 4.90 Å². The predicted octanol–water partition coefficient (Wildman–Crippen LogP) is -0.869. The largest absolute Gasteiger partial charge is 0.463 e. The zero-order chi connectivity index (χ0) is 15.2. The third kappa shape index (κ3) is 3.88. The van der Waals surface area contributed by atoms with Gasteiger partial charge in [0.1, 0.15) is 5.82 Å². The lowest BCUT2D eigenvalue weighted by molar-refractivity contribution is -0.130. The smallest absolute Gasteiger partial charge is 0.376 e. The molecule has 1 aliphatic heterocycles. The number of likely N-dealkylation sites (N-methyl/N-ethyl adjacent to an activating group) is 1. The van der Waals surface area contributed by atoms with Crippen molar-refractivity contribution in [1.82, 2.24) is 20.2 Å². The van der Waals surface area contributed by atoms with Gasteiger partial charge in [0.15, 0.2) is 0 Å². The highest BCUT2D eigenvalue weighted by Crippen LogP contribution is 2.09. The topological polar surface area (TPSA) is 87.7 Å². The van der Waals surface area contributed by atoms with Gasteiger partial charge < -0.3 is 19.9 Å². The van der Waals surface area contributed by atoms with Crippen LogP contribution in [0, 0.1) is 0 Å². The number of hydrogen-bond acceptors (Lipinski definition) is 7. The lowest BCUT2D eigenvalue weighted by atomic mass is 10.3. The van der Waals surface area contributed by atoms with E-state index in [9.17, 15) is 9.59 Å². The minimum absolute atomic E-state index is 0.0172. The number of anilines is 1. The van der Waals surface area contributed by atoms with E-state index < -0.39 is 5.97 Å². The summed E-state index contributed by atoms with van der Waals surface area (Å²) >= 11 is 0. The second-order valence-electron chi connectivity index (χ2n) is 4.72. The first-order valence-electron chi connectivity index (χ1n) is 6.73. The van der Waals surface area contributed by atoms with Gasteiger partial charge in [-0.1, -0.05) is 0 Å². The zero-order valence-electron chi connectivity index (χ0n) is 12.2. The molecule has 114 valence electrons. The van der Waals surface area contributed by atoms with Crippen molar-refractivity contribution in [1.29, 1.82) is 0 Å². The average molecular weight is 293 g/mol. The maximum Gasteiger partial charge on any atom is 0.376 e. The number of carbonyl (C=O) groups excluding carboxylic acids is 2. The molecule has 1 fully saturated rings. The van der Waals surface area contributed by atoms with Crippen LogP contribution < -0.4 is 10.2 Å². The Morgan fingerprint density at radius 3 is 2.81 bits per heavy atom. The normalized spacial score (nSPS) is 14.7. The van der Waals surface area contributed by atoms with Gasteiger partial charge >= 0.3 is 5.97 Å². The molecule has 1 aromatic heterocycles. The Labute approximate surface area is 123 Å². The monoisotopic (exact) mass is 293 g/mol. The Balaban J connectivity index is 2.00. The highest BCUT2D eigenvalue weighted by Gasteiger charge is 2.19. The highest BCUT2D eigenvalue weighted by atomic mass is 16.5. The van der Waals surface area contributed by atoms with Gasteiger partial charge in [-0.3, -0.25) is 4.79 Å². The van der Waals surface area contributed by atoms with E-state index in [1.54, 1.807) is 18.0 Å². The van der Waals surface area contributed by atoms with Crippen LogP contribution in [-0.2, 0) is 9.53 Å². The molecule has 0 radical (unpaired) electrons. The van der Waals surface area contributed by atoms with E-state index in [-0.39, 0.29) is 18.3 Å². The Hall–Kier alpha value is -2.22. The van der Waals surface area contributed by atoms with Gasteiger partial charge in [0.25, 0.3) is 0 Å². The van der Waals surface area contributed by atoms with E-state index >= 15 is 0 Å². The van der Waals surface area contributed by atoms with Crippen LogP contribution in [0.4, 0.5) is 5.82 Å². The number of nitrogens with zero attached hydrogens (tertiary/aromatic N) is 4. The molecular formula is C13H19N5O3. The fourth-order valence-electron chi connectivity index (χ4n) is 2.05. The van der Waals surface area contributed by atoms with E-state index in [4.69, 9.17) is 0 Å². The number of rotatable bonds is 4. The van der Waals surface area contributed by atoms with Gasteiger partial charge in [-0.25, -0.2) is 14.8 Å². The van der Waals surface area contributed by atoms with E-state index in [1.165, 1.54) is 13.3 Å². The number of piperazine rings is 1. The number of hydrogen-bond donors (Lipinski definition) is 1. The molecule has 0 saturated carbocycles. The van der Waals surface area contributed by atoms with Crippen LogP contribution in [0.3, 0.4) is 0 Å². The lowest BCUT2D eigenvalue weighted by Gasteiger charge is -2.29. The van der Waals surface area contributed by atoms with Gasteiger partial charge in [-0.15, -0.1) is 0 Å². The van der Waals surface area contributed by atoms with Crippen molar-refractivity contribution >= 4 is 17.7 Å². The van der Waals surface area contributed by atoms with Gasteiger partial charge in [0.05, 0.1) is 13.7 Å². The molecule has 21 heavy (non-hydrogen) atoms. The number of esters is 1. The molecule has 0 unspecified atom stereocenters. The van der Waals surface area contributed by atoms with Crippen molar-refractivity contribution < 1.29 is 14.3 Å². The standard InChI is InChI=1S/C13H19N5O3/c1-17(9-11(19)18-7-5-14-6-8-18)10-3-4-15-12(16-10)13(20)21-2/h3-4,14H,5-9H2,1-2H3. The minimum atomic E-state index is -0.598. The Morgan fingerprint density at radius 2 is 2.14 bits per heavy atom. The molecule has 0 spiro atoms. The van der Waals surface area contributed by atoms with Crippen LogP contribution >= 0.6 is 0 Å². The summed E-state index contributed by atoms with van der Waals surface area (Å²) in [5, 5.41) is 3.20. The first kappa shape index (κ1) is 15.2. The summed E-state index contributed by atoms with van der Waals surface area (Å²) in [6.07, 6.45) is 1.47. The van der Waals surface area contributed by atoms with Crippen molar-refractivity contribution in [3.8, 4) is 0 Å². The van der Waals surface area contributed by atoms with Crippen LogP contribution in [-0.4, -0.2) is 73.6 Å². The SMILES string of the molecule is COC(=O)c1nccc(N(C)CC(=O)N2CCNCC2)n1. The summed E-state index contributed by atoms with van der Waals surface area (Å²) in [5.41, 5.74) is 0. The van der Waals surface area contributed by atoms with Crippen LogP contribution in [0.2, 0.25) is 0 Å². The molecule has 8 nitrogen and oxygen atoms in total. The molecular weight excluding hydrogens is 274 g/mol. The number of amides is 1. The van der Waals surface area contributed by atoms with Crippen molar-refractivity contribution in [2.75, 3.05) is 51.8 Å². The van der Waals surface area contributed by atoms with Gasteiger partial charge in [0.2, 0.25) is 11.7 Å². The Bertz CT molecular complexity index is 516. The van der Waals surface area contributed by atoms with Crippen molar-refractivity contribution in [2.45, 2.75) is 0 Å². The van der Waals surface area contributed by atoms with Gasteiger partial charge in [0, 0.05) is 39.4 Å². The molecule has 8 heteroatoms. The Morgan fingerprint density at radius 1 is 1.43 bits per heavy atom. The molecule has 1 aromatic rings. The van der Waals surface area contributed by atoms with Crippen molar-refractivity contribution in [2.24, 2.45) is 0 Å². The van der Waals surface area contributed by atoms with E-state index in [2.05, 4.69) is 20.0 Å². The third-order valence-corrected chi connectivity index (χ3v) is 3.24. The van der Waals surface area contributed by atoms with Crippen LogP contribution in [0.1, 0.15) is 10.6 Å². The molecule has 2 heterocycles. The molecule has 0 aliphatic carbocycles. The summed E-state index contributed by atoms with van der Waals surface area (Å²) in [4.78, 5) is 35.0. The molecule has 1 aliphatic rings. The maximum atomic E-state index is 12.2. The first-order chi connectivity index (χ1) is 10.1. The molecule has 2 rings (SSSR count). The first-order valence-corrected chi connectivity index (χ1v) is 6.73.